The summed E-state index contributed by atoms with van der Waals surface area (Å²) in [5, 5.41) is 15.3. The first kappa shape index (κ1) is 9.84. The topological polar surface area (TPSA) is 88.9 Å². The zero-order chi connectivity index (χ0) is 11.0. The van der Waals surface area contributed by atoms with Crippen molar-refractivity contribution in [3.05, 3.63) is 22.5 Å². The molecule has 0 unspecified atom stereocenters. The van der Waals surface area contributed by atoms with E-state index in [0.717, 1.165) is 4.68 Å². The molecule has 2 aromatic heterocycles. The average molecular weight is 224 g/mol. The Hall–Kier alpha value is -1.70. The van der Waals surface area contributed by atoms with Gasteiger partial charge in [0.2, 0.25) is 0 Å². The van der Waals surface area contributed by atoms with Crippen LogP contribution < -0.4 is 5.69 Å². The Bertz CT molecular complexity index is 585. The van der Waals surface area contributed by atoms with Crippen molar-refractivity contribution in [1.29, 1.82) is 5.41 Å². The van der Waals surface area contributed by atoms with Crippen LogP contribution in [-0.4, -0.2) is 35.7 Å². The SMILES string of the molecule is CSC(=N)c1ncn2c(=O)n(C)nnc12. The molecule has 0 bridgehead atoms. The number of imidazole rings is 1. The van der Waals surface area contributed by atoms with Gasteiger partial charge in [0, 0.05) is 7.05 Å². The lowest BCUT2D eigenvalue weighted by atomic mass is 10.5. The van der Waals surface area contributed by atoms with E-state index in [2.05, 4.69) is 15.3 Å². The van der Waals surface area contributed by atoms with Crippen LogP contribution in [0.1, 0.15) is 5.69 Å². The molecule has 7 nitrogen and oxygen atoms in total. The molecule has 8 heteroatoms. The number of thioether (sulfide) groups is 1. The van der Waals surface area contributed by atoms with Crippen molar-refractivity contribution in [2.24, 2.45) is 7.05 Å². The Kier molecular flexibility index (Phi) is 2.27. The third-order valence-corrected chi connectivity index (χ3v) is 2.52. The highest BCUT2D eigenvalue weighted by atomic mass is 32.2. The monoisotopic (exact) mass is 224 g/mol. The van der Waals surface area contributed by atoms with Crippen LogP contribution in [0.25, 0.3) is 5.65 Å². The van der Waals surface area contributed by atoms with Gasteiger partial charge >= 0.3 is 5.69 Å². The lowest BCUT2D eigenvalue weighted by molar-refractivity contribution is 0.607. The van der Waals surface area contributed by atoms with E-state index < -0.39 is 0 Å². The number of fused-ring (bicyclic) bond motifs is 1. The van der Waals surface area contributed by atoms with Crippen molar-refractivity contribution in [2.75, 3.05) is 6.26 Å². The van der Waals surface area contributed by atoms with Gasteiger partial charge in [-0.05, 0) is 6.26 Å². The largest absolute Gasteiger partial charge is 0.352 e. The minimum atomic E-state index is -0.326. The summed E-state index contributed by atoms with van der Waals surface area (Å²) < 4.78 is 2.38. The quantitative estimate of drug-likeness (QED) is 0.521. The Labute approximate surface area is 88.6 Å². The van der Waals surface area contributed by atoms with Crippen molar-refractivity contribution in [3.63, 3.8) is 0 Å². The smallest absolute Gasteiger partial charge is 0.292 e. The Morgan fingerprint density at radius 2 is 2.33 bits per heavy atom. The minimum Gasteiger partial charge on any atom is -0.292 e. The molecule has 0 atom stereocenters. The van der Waals surface area contributed by atoms with E-state index in [0.29, 0.717) is 11.3 Å². The fraction of sp³-hybridized carbons (Fsp3) is 0.286. The first-order valence-electron chi connectivity index (χ1n) is 4.05. The maximum Gasteiger partial charge on any atom is 0.352 e. The third kappa shape index (κ3) is 1.42. The van der Waals surface area contributed by atoms with Crippen LogP contribution >= 0.6 is 11.8 Å². The van der Waals surface area contributed by atoms with Crippen LogP contribution in [0.15, 0.2) is 11.1 Å². The molecule has 0 aliphatic rings. The van der Waals surface area contributed by atoms with Gasteiger partial charge in [0.05, 0.1) is 0 Å². The molecule has 2 rings (SSSR count). The first-order chi connectivity index (χ1) is 7.15. The van der Waals surface area contributed by atoms with E-state index in [4.69, 9.17) is 5.41 Å². The second kappa shape index (κ2) is 3.46. The fourth-order valence-electron chi connectivity index (χ4n) is 1.14. The first-order valence-corrected chi connectivity index (χ1v) is 5.27. The fourth-order valence-corrected chi connectivity index (χ4v) is 1.48. The normalized spacial score (nSPS) is 10.8. The number of hydrogen-bond donors (Lipinski definition) is 1. The Morgan fingerprint density at radius 3 is 3.00 bits per heavy atom. The van der Waals surface area contributed by atoms with E-state index in [-0.39, 0.29) is 10.7 Å². The predicted molar refractivity (Wildman–Crippen MR) is 56.4 cm³/mol. The molecule has 0 aliphatic heterocycles. The molecule has 0 aromatic carbocycles. The Balaban J connectivity index is 2.78. The molecule has 78 valence electrons. The Morgan fingerprint density at radius 1 is 1.60 bits per heavy atom. The van der Waals surface area contributed by atoms with Gasteiger partial charge in [-0.15, -0.1) is 16.9 Å². The van der Waals surface area contributed by atoms with E-state index in [1.54, 1.807) is 6.26 Å². The van der Waals surface area contributed by atoms with Gasteiger partial charge in [0.1, 0.15) is 17.1 Å². The van der Waals surface area contributed by atoms with Crippen LogP contribution in [0, 0.1) is 5.41 Å². The molecule has 0 radical (unpaired) electrons. The van der Waals surface area contributed by atoms with Gasteiger partial charge in [-0.3, -0.25) is 5.41 Å². The molecule has 0 amide bonds. The predicted octanol–water partition coefficient (Wildman–Crippen LogP) is -0.489. The number of aryl methyl sites for hydroxylation is 1. The summed E-state index contributed by atoms with van der Waals surface area (Å²) in [4.78, 5) is 15.5. The van der Waals surface area contributed by atoms with Crippen LogP contribution in [-0.2, 0) is 7.05 Å². The highest BCUT2D eigenvalue weighted by Gasteiger charge is 2.13. The maximum atomic E-state index is 11.6. The molecular formula is C7H8N6OS. The molecule has 1 N–H and O–H groups in total. The highest BCUT2D eigenvalue weighted by molar-refractivity contribution is 8.13. The average Bonchev–Trinajstić information content (AvgIpc) is 2.66. The number of hydrogen-bond acceptors (Lipinski definition) is 6. The molecule has 0 saturated carbocycles. The van der Waals surface area contributed by atoms with Crippen molar-refractivity contribution in [3.8, 4) is 0 Å². The lowest BCUT2D eigenvalue weighted by Gasteiger charge is -1.97. The van der Waals surface area contributed by atoms with Gasteiger partial charge in [-0.1, -0.05) is 5.21 Å². The number of rotatable bonds is 1. The molecule has 0 saturated heterocycles. The van der Waals surface area contributed by atoms with Crippen molar-refractivity contribution >= 4 is 22.5 Å². The molecular weight excluding hydrogens is 216 g/mol. The maximum absolute atomic E-state index is 11.6. The summed E-state index contributed by atoms with van der Waals surface area (Å²) in [7, 11) is 1.51. The number of aromatic nitrogens is 5. The molecule has 0 spiro atoms. The molecule has 2 aromatic rings. The van der Waals surface area contributed by atoms with Crippen LogP contribution in [0.5, 0.6) is 0 Å². The zero-order valence-corrected chi connectivity index (χ0v) is 8.95. The van der Waals surface area contributed by atoms with Gasteiger partial charge in [-0.25, -0.2) is 14.2 Å². The molecule has 0 fully saturated rings. The van der Waals surface area contributed by atoms with Crippen molar-refractivity contribution in [2.45, 2.75) is 0 Å². The van der Waals surface area contributed by atoms with Crippen molar-refractivity contribution in [1.82, 2.24) is 24.4 Å². The lowest BCUT2D eigenvalue weighted by Crippen LogP contribution is -2.27. The van der Waals surface area contributed by atoms with E-state index >= 15 is 0 Å². The summed E-state index contributed by atoms with van der Waals surface area (Å²) >= 11 is 1.24. The molecule has 0 aliphatic carbocycles. The summed E-state index contributed by atoms with van der Waals surface area (Å²) in [6.07, 6.45) is 3.12. The summed E-state index contributed by atoms with van der Waals surface area (Å²) in [6.45, 7) is 0. The van der Waals surface area contributed by atoms with Crippen LogP contribution in [0.2, 0.25) is 0 Å². The van der Waals surface area contributed by atoms with E-state index in [1.807, 2.05) is 0 Å². The van der Waals surface area contributed by atoms with Gasteiger partial charge in [0.15, 0.2) is 5.65 Å². The minimum absolute atomic E-state index is 0.264. The van der Waals surface area contributed by atoms with Crippen LogP contribution in [0.3, 0.4) is 0 Å². The van der Waals surface area contributed by atoms with Gasteiger partial charge in [-0.2, -0.15) is 4.68 Å². The van der Waals surface area contributed by atoms with E-state index in [9.17, 15) is 4.79 Å². The van der Waals surface area contributed by atoms with Gasteiger partial charge in [0.25, 0.3) is 0 Å². The summed E-state index contributed by atoms with van der Waals surface area (Å²) in [6, 6.07) is 0. The van der Waals surface area contributed by atoms with E-state index in [1.165, 1.54) is 29.5 Å². The second-order valence-corrected chi connectivity index (χ2v) is 3.63. The third-order valence-electron chi connectivity index (χ3n) is 1.92. The highest BCUT2D eigenvalue weighted by Crippen LogP contribution is 2.10. The number of nitrogens with one attached hydrogen (secondary N) is 1. The molecule has 15 heavy (non-hydrogen) atoms. The zero-order valence-electron chi connectivity index (χ0n) is 8.13. The standard InChI is InChI=1S/C7H8N6OS/c1-12-7(14)13-3-9-4(5(8)15-2)6(13)10-11-12/h3,8H,1-2H3. The van der Waals surface area contributed by atoms with Crippen LogP contribution in [0.4, 0.5) is 0 Å². The summed E-state index contributed by atoms with van der Waals surface area (Å²) in [5.74, 6) is 0. The number of nitrogens with zero attached hydrogens (tertiary/aromatic N) is 5. The summed E-state index contributed by atoms with van der Waals surface area (Å²) in [5.41, 5.74) is 0.373. The molecule has 2 heterocycles. The second-order valence-electron chi connectivity index (χ2n) is 2.82. The van der Waals surface area contributed by atoms with Gasteiger partial charge < -0.3 is 0 Å². The van der Waals surface area contributed by atoms with Crippen molar-refractivity contribution < 1.29 is 0 Å².